The fourth-order valence-corrected chi connectivity index (χ4v) is 2.23. The monoisotopic (exact) mass is 340 g/mol. The van der Waals surface area contributed by atoms with E-state index in [1.54, 1.807) is 32.4 Å². The molecule has 1 N–H and O–H groups in total. The molecule has 1 aromatic carbocycles. The van der Waals surface area contributed by atoms with Gasteiger partial charge in [0.1, 0.15) is 24.8 Å². The van der Waals surface area contributed by atoms with Gasteiger partial charge in [-0.1, -0.05) is 6.07 Å². The number of hydrogen-bond acceptors (Lipinski definition) is 7. The highest BCUT2D eigenvalue weighted by Crippen LogP contribution is 2.27. The van der Waals surface area contributed by atoms with Crippen molar-refractivity contribution < 1.29 is 14.3 Å². The molecule has 128 valence electrons. The predicted octanol–water partition coefficient (Wildman–Crippen LogP) is 1.26. The van der Waals surface area contributed by atoms with E-state index in [0.717, 1.165) is 5.56 Å². The first-order chi connectivity index (χ1) is 12.2. The van der Waals surface area contributed by atoms with Crippen molar-refractivity contribution >= 4 is 11.7 Å². The van der Waals surface area contributed by atoms with E-state index in [1.165, 1.54) is 23.7 Å². The molecule has 1 amide bonds. The van der Waals surface area contributed by atoms with Crippen LogP contribution in [0.2, 0.25) is 0 Å². The number of nitrogens with one attached hydrogen (secondary N) is 1. The molecule has 2 heterocycles. The zero-order chi connectivity index (χ0) is 17.6. The number of ether oxygens (including phenoxy) is 2. The van der Waals surface area contributed by atoms with Crippen molar-refractivity contribution in [2.45, 2.75) is 6.42 Å². The van der Waals surface area contributed by atoms with Crippen molar-refractivity contribution in [3.63, 3.8) is 0 Å². The average Bonchev–Trinajstić information content (AvgIpc) is 3.16. The highest BCUT2D eigenvalue weighted by atomic mass is 16.5. The van der Waals surface area contributed by atoms with E-state index in [2.05, 4.69) is 25.4 Å². The molecule has 0 bridgehead atoms. The summed E-state index contributed by atoms with van der Waals surface area (Å²) in [6.07, 6.45) is 4.43. The third kappa shape index (κ3) is 3.89. The number of nitrogens with zero attached hydrogens (tertiary/aromatic N) is 5. The molecule has 0 atom stereocenters. The van der Waals surface area contributed by atoms with Crippen LogP contribution in [0.3, 0.4) is 0 Å². The van der Waals surface area contributed by atoms with Crippen LogP contribution >= 0.6 is 0 Å². The van der Waals surface area contributed by atoms with Crippen molar-refractivity contribution in [2.75, 3.05) is 19.5 Å². The lowest BCUT2D eigenvalue weighted by Crippen LogP contribution is -2.16. The highest BCUT2D eigenvalue weighted by molar-refractivity contribution is 5.91. The highest BCUT2D eigenvalue weighted by Gasteiger charge is 2.10. The normalized spacial score (nSPS) is 10.3. The summed E-state index contributed by atoms with van der Waals surface area (Å²) in [5.74, 6) is 1.86. The van der Waals surface area contributed by atoms with E-state index < -0.39 is 0 Å². The summed E-state index contributed by atoms with van der Waals surface area (Å²) >= 11 is 0. The predicted molar refractivity (Wildman–Crippen MR) is 88.8 cm³/mol. The summed E-state index contributed by atoms with van der Waals surface area (Å²) < 4.78 is 11.9. The number of anilines is 1. The van der Waals surface area contributed by atoms with Crippen LogP contribution in [-0.4, -0.2) is 44.9 Å². The number of amides is 1. The maximum absolute atomic E-state index is 12.3. The first-order valence-corrected chi connectivity index (χ1v) is 7.37. The van der Waals surface area contributed by atoms with Gasteiger partial charge in [0, 0.05) is 6.07 Å². The third-order valence-corrected chi connectivity index (χ3v) is 3.39. The van der Waals surface area contributed by atoms with E-state index >= 15 is 0 Å². The Kier molecular flexibility index (Phi) is 4.84. The Morgan fingerprint density at radius 2 is 1.96 bits per heavy atom. The van der Waals surface area contributed by atoms with E-state index in [4.69, 9.17) is 9.47 Å². The van der Waals surface area contributed by atoms with Crippen molar-refractivity contribution in [3.05, 3.63) is 48.8 Å². The van der Waals surface area contributed by atoms with Crippen molar-refractivity contribution in [1.82, 2.24) is 24.7 Å². The van der Waals surface area contributed by atoms with Gasteiger partial charge in [-0.05, 0) is 17.7 Å². The van der Waals surface area contributed by atoms with Crippen LogP contribution in [-0.2, 0) is 11.2 Å². The maximum atomic E-state index is 12.3. The lowest BCUT2D eigenvalue weighted by Gasteiger charge is -2.10. The van der Waals surface area contributed by atoms with Crippen LogP contribution in [0.1, 0.15) is 5.56 Å². The van der Waals surface area contributed by atoms with Gasteiger partial charge in [0.15, 0.2) is 17.3 Å². The quantitative estimate of drug-likeness (QED) is 0.720. The summed E-state index contributed by atoms with van der Waals surface area (Å²) in [6, 6.07) is 6.94. The molecule has 0 radical (unpaired) electrons. The summed E-state index contributed by atoms with van der Waals surface area (Å²) in [4.78, 5) is 24.2. The second-order valence-electron chi connectivity index (χ2n) is 5.02. The van der Waals surface area contributed by atoms with Gasteiger partial charge >= 0.3 is 0 Å². The Labute approximate surface area is 143 Å². The van der Waals surface area contributed by atoms with Crippen molar-refractivity contribution in [2.24, 2.45) is 0 Å². The SMILES string of the molecule is COc1ccc(CC(=O)Nc2cc(-n3cncn3)ncn2)cc1OC. The van der Waals surface area contributed by atoms with E-state index in [9.17, 15) is 4.79 Å². The minimum Gasteiger partial charge on any atom is -0.493 e. The summed E-state index contributed by atoms with van der Waals surface area (Å²) in [5.41, 5.74) is 0.792. The topological polar surface area (TPSA) is 104 Å². The molecule has 9 nitrogen and oxygen atoms in total. The molecule has 2 aromatic heterocycles. The van der Waals surface area contributed by atoms with Crippen LogP contribution in [0.5, 0.6) is 11.5 Å². The Bertz CT molecular complexity index is 866. The molecule has 0 unspecified atom stereocenters. The molecular formula is C16H16N6O3. The summed E-state index contributed by atoms with van der Waals surface area (Å²) in [6.45, 7) is 0. The van der Waals surface area contributed by atoms with E-state index in [0.29, 0.717) is 23.1 Å². The number of aromatic nitrogens is 5. The average molecular weight is 340 g/mol. The standard InChI is InChI=1S/C16H16N6O3/c1-24-12-4-3-11(5-13(12)25-2)6-16(23)21-14-7-15(19-9-18-14)22-10-17-8-20-22/h3-5,7-10H,6H2,1-2H3,(H,18,19,21,23). The zero-order valence-electron chi connectivity index (χ0n) is 13.7. The largest absolute Gasteiger partial charge is 0.493 e. The van der Waals surface area contributed by atoms with Crippen LogP contribution in [0.25, 0.3) is 5.82 Å². The summed E-state index contributed by atoms with van der Waals surface area (Å²) in [7, 11) is 3.11. The zero-order valence-corrected chi connectivity index (χ0v) is 13.7. The number of carbonyl (C=O) groups excluding carboxylic acids is 1. The maximum Gasteiger partial charge on any atom is 0.229 e. The van der Waals surface area contributed by atoms with Crippen LogP contribution in [0.15, 0.2) is 43.2 Å². The van der Waals surface area contributed by atoms with Gasteiger partial charge in [-0.2, -0.15) is 5.10 Å². The third-order valence-electron chi connectivity index (χ3n) is 3.39. The number of rotatable bonds is 6. The minimum absolute atomic E-state index is 0.170. The smallest absolute Gasteiger partial charge is 0.229 e. The molecule has 0 aliphatic heterocycles. The van der Waals surface area contributed by atoms with Crippen LogP contribution in [0, 0.1) is 0 Å². The van der Waals surface area contributed by atoms with Crippen molar-refractivity contribution in [3.8, 4) is 17.3 Å². The lowest BCUT2D eigenvalue weighted by molar-refractivity contribution is -0.115. The molecule has 0 fully saturated rings. The Morgan fingerprint density at radius 1 is 1.12 bits per heavy atom. The molecule has 25 heavy (non-hydrogen) atoms. The van der Waals surface area contributed by atoms with Crippen molar-refractivity contribution in [1.29, 1.82) is 0 Å². The van der Waals surface area contributed by atoms with Gasteiger partial charge in [-0.25, -0.2) is 19.6 Å². The molecule has 0 aliphatic rings. The minimum atomic E-state index is -0.213. The second-order valence-corrected chi connectivity index (χ2v) is 5.02. The van der Waals surface area contributed by atoms with E-state index in [-0.39, 0.29) is 12.3 Å². The van der Waals surface area contributed by atoms with Crippen LogP contribution < -0.4 is 14.8 Å². The van der Waals surface area contributed by atoms with Gasteiger partial charge in [0.2, 0.25) is 5.91 Å². The number of methoxy groups -OCH3 is 2. The van der Waals surface area contributed by atoms with Gasteiger partial charge in [0.05, 0.1) is 20.6 Å². The lowest BCUT2D eigenvalue weighted by atomic mass is 10.1. The summed E-state index contributed by atoms with van der Waals surface area (Å²) in [5, 5.41) is 6.72. The second kappa shape index (κ2) is 7.39. The molecule has 0 aliphatic carbocycles. The van der Waals surface area contributed by atoms with Gasteiger partial charge < -0.3 is 14.8 Å². The fourth-order valence-electron chi connectivity index (χ4n) is 2.23. The van der Waals surface area contributed by atoms with Gasteiger partial charge in [0.25, 0.3) is 0 Å². The molecule has 3 aromatic rings. The molecule has 3 rings (SSSR count). The number of carbonyl (C=O) groups is 1. The molecule has 0 spiro atoms. The Balaban J connectivity index is 1.70. The molecule has 9 heteroatoms. The molecule has 0 saturated carbocycles. The van der Waals surface area contributed by atoms with Crippen LogP contribution in [0.4, 0.5) is 5.82 Å². The Hall–Kier alpha value is -3.49. The fraction of sp³-hybridized carbons (Fsp3) is 0.188. The molecular weight excluding hydrogens is 324 g/mol. The Morgan fingerprint density at radius 3 is 2.68 bits per heavy atom. The first kappa shape index (κ1) is 16.4. The number of benzene rings is 1. The number of hydrogen-bond donors (Lipinski definition) is 1. The van der Waals surface area contributed by atoms with E-state index in [1.807, 2.05) is 6.07 Å². The van der Waals surface area contributed by atoms with Gasteiger partial charge in [-0.3, -0.25) is 4.79 Å². The first-order valence-electron chi connectivity index (χ1n) is 7.37. The molecule has 0 saturated heterocycles. The van der Waals surface area contributed by atoms with Gasteiger partial charge in [-0.15, -0.1) is 0 Å².